The highest BCUT2D eigenvalue weighted by atomic mass is 32.2. The molecule has 25 heavy (non-hydrogen) atoms. The lowest BCUT2D eigenvalue weighted by atomic mass is 10.1. The Morgan fingerprint density at radius 1 is 1.24 bits per heavy atom. The van der Waals surface area contributed by atoms with Crippen LogP contribution >= 0.6 is 11.8 Å². The number of hydrogen-bond donors (Lipinski definition) is 1. The van der Waals surface area contributed by atoms with E-state index in [0.717, 1.165) is 58.1 Å². The molecular weight excluding hydrogens is 334 g/mol. The van der Waals surface area contributed by atoms with E-state index < -0.39 is 0 Å². The summed E-state index contributed by atoms with van der Waals surface area (Å²) in [5, 5.41) is 3.48. The molecule has 1 N–H and O–H groups in total. The topological polar surface area (TPSA) is 46.1 Å². The van der Waals surface area contributed by atoms with Crippen molar-refractivity contribution in [3.63, 3.8) is 0 Å². The second-order valence-corrected chi connectivity index (χ2v) is 7.03. The Kier molecular flexibility index (Phi) is 9.15. The molecule has 0 amide bonds. The van der Waals surface area contributed by atoms with Crippen LogP contribution in [0.5, 0.6) is 0 Å². The molecule has 1 aliphatic heterocycles. The zero-order valence-electron chi connectivity index (χ0n) is 15.7. The molecule has 6 heteroatoms. The molecule has 0 spiro atoms. The van der Waals surface area contributed by atoms with Gasteiger partial charge >= 0.3 is 0 Å². The molecule has 1 saturated heterocycles. The first kappa shape index (κ1) is 20.1. The lowest BCUT2D eigenvalue weighted by molar-refractivity contribution is 0.00989. The third-order valence-electron chi connectivity index (χ3n) is 4.41. The number of aliphatic imine (C=N–C) groups is 1. The maximum Gasteiger partial charge on any atom is 0.193 e. The summed E-state index contributed by atoms with van der Waals surface area (Å²) in [4.78, 5) is 8.06. The number of ether oxygens (including phenoxy) is 2. The zero-order valence-corrected chi connectivity index (χ0v) is 16.5. The Morgan fingerprint density at radius 3 is 2.56 bits per heavy atom. The van der Waals surface area contributed by atoms with E-state index in [1.165, 1.54) is 10.5 Å². The van der Waals surface area contributed by atoms with Gasteiger partial charge in [-0.25, -0.2) is 0 Å². The highest BCUT2D eigenvalue weighted by Gasteiger charge is 2.21. The van der Waals surface area contributed by atoms with E-state index in [4.69, 9.17) is 9.47 Å². The smallest absolute Gasteiger partial charge is 0.193 e. The Hall–Kier alpha value is -1.24. The van der Waals surface area contributed by atoms with Gasteiger partial charge < -0.3 is 19.7 Å². The van der Waals surface area contributed by atoms with E-state index in [1.54, 1.807) is 18.9 Å². The van der Waals surface area contributed by atoms with Crippen LogP contribution in [0.25, 0.3) is 0 Å². The van der Waals surface area contributed by atoms with E-state index in [1.807, 2.05) is 7.05 Å². The third-order valence-corrected chi connectivity index (χ3v) is 5.15. The molecular formula is C19H31N3O2S. The van der Waals surface area contributed by atoms with Crippen molar-refractivity contribution in [1.82, 2.24) is 10.2 Å². The lowest BCUT2D eigenvalue weighted by Gasteiger charge is -2.34. The monoisotopic (exact) mass is 365 g/mol. The van der Waals surface area contributed by atoms with Crippen molar-refractivity contribution in [2.45, 2.75) is 36.8 Å². The number of methoxy groups -OCH3 is 1. The van der Waals surface area contributed by atoms with Gasteiger partial charge in [0.05, 0.1) is 6.10 Å². The third kappa shape index (κ3) is 6.88. The molecule has 5 nitrogen and oxygen atoms in total. The van der Waals surface area contributed by atoms with Crippen molar-refractivity contribution in [2.24, 2.45) is 4.99 Å². The largest absolute Gasteiger partial charge is 0.385 e. The van der Waals surface area contributed by atoms with E-state index in [-0.39, 0.29) is 0 Å². The van der Waals surface area contributed by atoms with E-state index in [2.05, 4.69) is 45.7 Å². The first-order valence-electron chi connectivity index (χ1n) is 8.96. The van der Waals surface area contributed by atoms with Crippen molar-refractivity contribution >= 4 is 17.7 Å². The van der Waals surface area contributed by atoms with Crippen LogP contribution < -0.4 is 5.32 Å². The summed E-state index contributed by atoms with van der Waals surface area (Å²) in [5.74, 6) is 0.978. The molecule has 1 aliphatic rings. The van der Waals surface area contributed by atoms with Crippen molar-refractivity contribution < 1.29 is 9.47 Å². The van der Waals surface area contributed by atoms with Gasteiger partial charge in [-0.3, -0.25) is 4.99 Å². The molecule has 1 heterocycles. The quantitative estimate of drug-likeness (QED) is 0.332. The molecule has 0 unspecified atom stereocenters. The Balaban J connectivity index is 1.72. The number of hydrogen-bond acceptors (Lipinski definition) is 4. The van der Waals surface area contributed by atoms with Crippen LogP contribution in [0.4, 0.5) is 0 Å². The van der Waals surface area contributed by atoms with Crippen molar-refractivity contribution in [3.8, 4) is 0 Å². The van der Waals surface area contributed by atoms with Crippen LogP contribution in [-0.2, 0) is 16.0 Å². The van der Waals surface area contributed by atoms with Crippen molar-refractivity contribution in [2.75, 3.05) is 46.7 Å². The molecule has 1 aromatic carbocycles. The van der Waals surface area contributed by atoms with Crippen LogP contribution in [-0.4, -0.2) is 63.7 Å². The first-order chi connectivity index (χ1) is 12.3. The summed E-state index contributed by atoms with van der Waals surface area (Å²) < 4.78 is 11.0. The average molecular weight is 366 g/mol. The fourth-order valence-electron chi connectivity index (χ4n) is 2.94. The predicted molar refractivity (Wildman–Crippen MR) is 105 cm³/mol. The van der Waals surface area contributed by atoms with Gasteiger partial charge in [0.15, 0.2) is 5.96 Å². The minimum absolute atomic E-state index is 0.366. The highest BCUT2D eigenvalue weighted by Crippen LogP contribution is 2.16. The lowest BCUT2D eigenvalue weighted by Crippen LogP contribution is -2.46. The minimum Gasteiger partial charge on any atom is -0.385 e. The van der Waals surface area contributed by atoms with Gasteiger partial charge in [-0.15, -0.1) is 11.8 Å². The predicted octanol–water partition coefficient (Wildman–Crippen LogP) is 3.00. The number of piperidine rings is 1. The average Bonchev–Trinajstić information content (AvgIpc) is 2.67. The summed E-state index contributed by atoms with van der Waals surface area (Å²) in [6, 6.07) is 8.67. The number of likely N-dealkylation sites (tertiary alicyclic amines) is 1. The van der Waals surface area contributed by atoms with Gasteiger partial charge in [0.2, 0.25) is 0 Å². The Morgan fingerprint density at radius 2 is 1.96 bits per heavy atom. The second kappa shape index (κ2) is 11.4. The van der Waals surface area contributed by atoms with E-state index in [9.17, 15) is 0 Å². The minimum atomic E-state index is 0.366. The van der Waals surface area contributed by atoms with Crippen LogP contribution in [0, 0.1) is 0 Å². The number of benzene rings is 1. The van der Waals surface area contributed by atoms with Gasteiger partial charge in [0.25, 0.3) is 0 Å². The summed E-state index contributed by atoms with van der Waals surface area (Å²) in [6.07, 6.45) is 5.53. The van der Waals surface area contributed by atoms with Crippen molar-refractivity contribution in [1.29, 1.82) is 0 Å². The molecule has 0 atom stereocenters. The van der Waals surface area contributed by atoms with Crippen LogP contribution in [0.15, 0.2) is 34.2 Å². The van der Waals surface area contributed by atoms with Gasteiger partial charge in [0, 0.05) is 51.9 Å². The second-order valence-electron chi connectivity index (χ2n) is 6.15. The van der Waals surface area contributed by atoms with Gasteiger partial charge in [0.1, 0.15) is 0 Å². The molecule has 0 bridgehead atoms. The molecule has 1 aromatic rings. The molecule has 140 valence electrons. The SMILES string of the molecule is CN=C(NCc1ccc(SC)cc1)N1CCC(OCCCOC)CC1. The molecule has 0 saturated carbocycles. The number of rotatable bonds is 8. The standard InChI is InChI=1S/C19H31N3O2S/c1-20-19(21-15-16-5-7-18(25-3)8-6-16)22-11-9-17(10-12-22)24-14-4-13-23-2/h5-8,17H,4,9-15H2,1-3H3,(H,20,21). The summed E-state index contributed by atoms with van der Waals surface area (Å²) in [7, 11) is 3.58. The maximum absolute atomic E-state index is 5.93. The van der Waals surface area contributed by atoms with Gasteiger partial charge in [-0.2, -0.15) is 0 Å². The molecule has 0 aromatic heterocycles. The van der Waals surface area contributed by atoms with E-state index >= 15 is 0 Å². The van der Waals surface area contributed by atoms with E-state index in [0.29, 0.717) is 6.10 Å². The molecule has 1 fully saturated rings. The summed E-state index contributed by atoms with van der Waals surface area (Å²) in [6.45, 7) is 4.33. The summed E-state index contributed by atoms with van der Waals surface area (Å²) in [5.41, 5.74) is 1.27. The number of guanidine groups is 1. The molecule has 2 rings (SSSR count). The number of nitrogens with one attached hydrogen (secondary N) is 1. The molecule has 0 radical (unpaired) electrons. The zero-order chi connectivity index (χ0) is 17.9. The number of thioether (sulfide) groups is 1. The fraction of sp³-hybridized carbons (Fsp3) is 0.632. The van der Waals surface area contributed by atoms with Crippen LogP contribution in [0.2, 0.25) is 0 Å². The molecule has 0 aliphatic carbocycles. The normalized spacial score (nSPS) is 16.3. The first-order valence-corrected chi connectivity index (χ1v) is 10.2. The fourth-order valence-corrected chi connectivity index (χ4v) is 3.35. The van der Waals surface area contributed by atoms with Crippen LogP contribution in [0.1, 0.15) is 24.8 Å². The summed E-state index contributed by atoms with van der Waals surface area (Å²) >= 11 is 1.77. The Labute approximate surface area is 156 Å². The maximum atomic E-state index is 5.93. The van der Waals surface area contributed by atoms with Crippen molar-refractivity contribution in [3.05, 3.63) is 29.8 Å². The number of nitrogens with zero attached hydrogens (tertiary/aromatic N) is 2. The highest BCUT2D eigenvalue weighted by molar-refractivity contribution is 7.98. The van der Waals surface area contributed by atoms with Crippen LogP contribution in [0.3, 0.4) is 0 Å². The van der Waals surface area contributed by atoms with Gasteiger partial charge in [-0.1, -0.05) is 12.1 Å². The Bertz CT molecular complexity index is 514. The van der Waals surface area contributed by atoms with Gasteiger partial charge in [-0.05, 0) is 43.2 Å².